The molecule has 0 heterocycles. The Morgan fingerprint density at radius 2 is 1.87 bits per heavy atom. The molecule has 2 nitrogen and oxygen atoms in total. The molecule has 2 unspecified atom stereocenters. The van der Waals surface area contributed by atoms with Crippen LogP contribution in [-0.4, -0.2) is 11.2 Å². The van der Waals surface area contributed by atoms with Gasteiger partial charge in [0, 0.05) is 5.56 Å². The van der Waals surface area contributed by atoms with Crippen molar-refractivity contribution < 1.29 is 9.84 Å². The van der Waals surface area contributed by atoms with E-state index < -0.39 is 6.10 Å². The molecule has 0 aliphatic carbocycles. The summed E-state index contributed by atoms with van der Waals surface area (Å²) in [4.78, 5) is 0. The first-order valence-corrected chi connectivity index (χ1v) is 5.62. The van der Waals surface area contributed by atoms with Crippen molar-refractivity contribution in [3.8, 4) is 5.75 Å². The van der Waals surface area contributed by atoms with Crippen molar-refractivity contribution in [2.45, 2.75) is 45.8 Å². The number of aliphatic hydroxyl groups is 1. The molecule has 0 aromatic heterocycles. The van der Waals surface area contributed by atoms with Gasteiger partial charge in [-0.05, 0) is 25.8 Å². The van der Waals surface area contributed by atoms with Gasteiger partial charge in [0.1, 0.15) is 5.75 Å². The molecule has 0 saturated heterocycles. The third-order valence-corrected chi connectivity index (χ3v) is 2.57. The van der Waals surface area contributed by atoms with E-state index in [0.29, 0.717) is 6.42 Å². The fraction of sp³-hybridized carbons (Fsp3) is 0.538. The van der Waals surface area contributed by atoms with E-state index >= 15 is 0 Å². The Morgan fingerprint density at radius 3 is 2.47 bits per heavy atom. The first-order valence-electron chi connectivity index (χ1n) is 5.62. The van der Waals surface area contributed by atoms with Gasteiger partial charge in [0.15, 0.2) is 0 Å². The Labute approximate surface area is 91.9 Å². The van der Waals surface area contributed by atoms with Crippen LogP contribution in [0.15, 0.2) is 24.3 Å². The van der Waals surface area contributed by atoms with Crippen molar-refractivity contribution in [2.75, 3.05) is 0 Å². The molecule has 0 radical (unpaired) electrons. The highest BCUT2D eigenvalue weighted by Gasteiger charge is 2.12. The van der Waals surface area contributed by atoms with Crippen LogP contribution in [0.1, 0.15) is 45.3 Å². The summed E-state index contributed by atoms with van der Waals surface area (Å²) in [6.07, 6.45) is 1.44. The number of hydrogen-bond donors (Lipinski definition) is 1. The molecule has 1 aromatic rings. The third-order valence-electron chi connectivity index (χ3n) is 2.57. The Bertz CT molecular complexity index is 296. The summed E-state index contributed by atoms with van der Waals surface area (Å²) in [5.41, 5.74) is 0.889. The van der Waals surface area contributed by atoms with Gasteiger partial charge in [-0.25, -0.2) is 0 Å². The van der Waals surface area contributed by atoms with Crippen molar-refractivity contribution in [3.05, 3.63) is 29.8 Å². The minimum Gasteiger partial charge on any atom is -0.490 e. The molecule has 1 aromatic carbocycles. The fourth-order valence-electron chi connectivity index (χ4n) is 1.38. The summed E-state index contributed by atoms with van der Waals surface area (Å²) in [5.74, 6) is 0.807. The third kappa shape index (κ3) is 3.24. The molecule has 84 valence electrons. The average molecular weight is 208 g/mol. The van der Waals surface area contributed by atoms with Gasteiger partial charge in [-0.2, -0.15) is 0 Å². The van der Waals surface area contributed by atoms with Crippen LogP contribution in [0.4, 0.5) is 0 Å². The number of rotatable bonds is 5. The minimum absolute atomic E-state index is 0.190. The lowest BCUT2D eigenvalue weighted by Crippen LogP contribution is -2.12. The number of benzene rings is 1. The van der Waals surface area contributed by atoms with Crippen LogP contribution in [0, 0.1) is 0 Å². The summed E-state index contributed by atoms with van der Waals surface area (Å²) in [6, 6.07) is 7.70. The lowest BCUT2D eigenvalue weighted by molar-refractivity contribution is 0.158. The SMILES string of the molecule is CCC(C)Oc1ccccc1C(O)CC. The zero-order valence-corrected chi connectivity index (χ0v) is 9.73. The first-order chi connectivity index (χ1) is 7.19. The fourth-order valence-corrected chi connectivity index (χ4v) is 1.38. The second kappa shape index (κ2) is 5.76. The largest absolute Gasteiger partial charge is 0.490 e. The van der Waals surface area contributed by atoms with Crippen LogP contribution in [0.5, 0.6) is 5.75 Å². The Balaban J connectivity index is 2.86. The van der Waals surface area contributed by atoms with Crippen LogP contribution >= 0.6 is 0 Å². The zero-order valence-electron chi connectivity index (χ0n) is 9.73. The van der Waals surface area contributed by atoms with Crippen LogP contribution in [0.3, 0.4) is 0 Å². The van der Waals surface area contributed by atoms with Gasteiger partial charge in [0.05, 0.1) is 12.2 Å². The molecule has 15 heavy (non-hydrogen) atoms. The number of ether oxygens (including phenoxy) is 1. The van der Waals surface area contributed by atoms with Crippen molar-refractivity contribution >= 4 is 0 Å². The van der Waals surface area contributed by atoms with Gasteiger partial charge in [-0.3, -0.25) is 0 Å². The maximum Gasteiger partial charge on any atom is 0.125 e. The number of para-hydroxylation sites is 1. The topological polar surface area (TPSA) is 29.5 Å². The van der Waals surface area contributed by atoms with Gasteiger partial charge < -0.3 is 9.84 Å². The molecule has 1 N–H and O–H groups in total. The van der Waals surface area contributed by atoms with Crippen LogP contribution in [-0.2, 0) is 0 Å². The first kappa shape index (κ1) is 12.1. The van der Waals surface area contributed by atoms with Crippen molar-refractivity contribution in [3.63, 3.8) is 0 Å². The van der Waals surface area contributed by atoms with E-state index in [1.807, 2.05) is 38.1 Å². The highest BCUT2D eigenvalue weighted by molar-refractivity contribution is 5.35. The molecule has 0 saturated carbocycles. The van der Waals surface area contributed by atoms with Gasteiger partial charge in [-0.1, -0.05) is 32.0 Å². The lowest BCUT2D eigenvalue weighted by atomic mass is 10.1. The quantitative estimate of drug-likeness (QED) is 0.804. The Morgan fingerprint density at radius 1 is 1.20 bits per heavy atom. The van der Waals surface area contributed by atoms with E-state index in [9.17, 15) is 5.11 Å². The molecular weight excluding hydrogens is 188 g/mol. The van der Waals surface area contributed by atoms with Crippen LogP contribution in [0.2, 0.25) is 0 Å². The highest BCUT2D eigenvalue weighted by Crippen LogP contribution is 2.27. The predicted molar refractivity (Wildman–Crippen MR) is 62.1 cm³/mol. The second-order valence-electron chi connectivity index (χ2n) is 3.80. The Kier molecular flexibility index (Phi) is 4.63. The molecule has 0 fully saturated rings. The van der Waals surface area contributed by atoms with Gasteiger partial charge in [0.2, 0.25) is 0 Å². The van der Waals surface area contributed by atoms with Gasteiger partial charge in [-0.15, -0.1) is 0 Å². The maximum absolute atomic E-state index is 9.82. The van der Waals surface area contributed by atoms with E-state index in [1.165, 1.54) is 0 Å². The molecule has 2 heteroatoms. The lowest BCUT2D eigenvalue weighted by Gasteiger charge is -2.18. The van der Waals surface area contributed by atoms with Crippen molar-refractivity contribution in [2.24, 2.45) is 0 Å². The predicted octanol–water partition coefficient (Wildman–Crippen LogP) is 3.31. The molecule has 0 aliphatic heterocycles. The summed E-state index contributed by atoms with van der Waals surface area (Å²) >= 11 is 0. The molecule has 1 rings (SSSR count). The monoisotopic (exact) mass is 208 g/mol. The maximum atomic E-state index is 9.82. The van der Waals surface area contributed by atoms with E-state index in [4.69, 9.17) is 4.74 Å². The summed E-state index contributed by atoms with van der Waals surface area (Å²) in [6.45, 7) is 6.09. The zero-order chi connectivity index (χ0) is 11.3. The molecular formula is C13H20O2. The average Bonchev–Trinajstić information content (AvgIpc) is 2.28. The highest BCUT2D eigenvalue weighted by atomic mass is 16.5. The van der Waals surface area contributed by atoms with Crippen molar-refractivity contribution in [1.82, 2.24) is 0 Å². The summed E-state index contributed by atoms with van der Waals surface area (Å²) in [7, 11) is 0. The van der Waals surface area contributed by atoms with E-state index in [1.54, 1.807) is 0 Å². The molecule has 0 bridgehead atoms. The standard InChI is InChI=1S/C13H20O2/c1-4-10(3)15-13-9-7-6-8-11(13)12(14)5-2/h6-10,12,14H,4-5H2,1-3H3. The van der Waals surface area contributed by atoms with Gasteiger partial charge in [0.25, 0.3) is 0 Å². The molecule has 0 spiro atoms. The molecule has 2 atom stereocenters. The second-order valence-corrected chi connectivity index (χ2v) is 3.80. The van der Waals surface area contributed by atoms with Gasteiger partial charge >= 0.3 is 0 Å². The number of hydrogen-bond acceptors (Lipinski definition) is 2. The molecule has 0 aliphatic rings. The van der Waals surface area contributed by atoms with E-state index in [0.717, 1.165) is 17.7 Å². The van der Waals surface area contributed by atoms with Crippen molar-refractivity contribution in [1.29, 1.82) is 0 Å². The van der Waals surface area contributed by atoms with Crippen LogP contribution < -0.4 is 4.74 Å². The van der Waals surface area contributed by atoms with E-state index in [-0.39, 0.29) is 6.10 Å². The molecule has 0 amide bonds. The Hall–Kier alpha value is -1.02. The van der Waals surface area contributed by atoms with Crippen LogP contribution in [0.25, 0.3) is 0 Å². The minimum atomic E-state index is -0.426. The normalized spacial score (nSPS) is 14.7. The van der Waals surface area contributed by atoms with E-state index in [2.05, 4.69) is 6.92 Å². The summed E-state index contributed by atoms with van der Waals surface area (Å²) < 4.78 is 5.76. The summed E-state index contributed by atoms with van der Waals surface area (Å²) in [5, 5.41) is 9.82. The number of aliphatic hydroxyl groups excluding tert-OH is 1. The smallest absolute Gasteiger partial charge is 0.125 e.